The lowest BCUT2D eigenvalue weighted by molar-refractivity contribution is 0.0746. The van der Waals surface area contributed by atoms with E-state index < -0.39 is 0 Å². The zero-order valence-electron chi connectivity index (χ0n) is 16.7. The maximum atomic E-state index is 13.1. The van der Waals surface area contributed by atoms with Crippen molar-refractivity contribution in [3.05, 3.63) is 42.0 Å². The molecule has 29 heavy (non-hydrogen) atoms. The van der Waals surface area contributed by atoms with Gasteiger partial charge in [0, 0.05) is 37.1 Å². The highest BCUT2D eigenvalue weighted by molar-refractivity contribution is 7.13. The molecular formula is C21H23N3O4S. The van der Waals surface area contributed by atoms with E-state index in [4.69, 9.17) is 14.2 Å². The largest absolute Gasteiger partial charge is 0.493 e. The molecule has 1 saturated heterocycles. The minimum atomic E-state index is -0.0490. The van der Waals surface area contributed by atoms with E-state index in [0.29, 0.717) is 35.9 Å². The number of piperazine rings is 1. The van der Waals surface area contributed by atoms with Crippen molar-refractivity contribution in [3.8, 4) is 17.2 Å². The molecule has 7 nitrogen and oxygen atoms in total. The summed E-state index contributed by atoms with van der Waals surface area (Å²) in [6.45, 7) is 2.73. The summed E-state index contributed by atoms with van der Waals surface area (Å²) in [5.41, 5.74) is 0.520. The Morgan fingerprint density at radius 1 is 0.966 bits per heavy atom. The number of fused-ring (bicyclic) bond motifs is 1. The van der Waals surface area contributed by atoms with E-state index >= 15 is 0 Å². The molecule has 1 aromatic heterocycles. The van der Waals surface area contributed by atoms with Gasteiger partial charge in [0.05, 0.1) is 26.0 Å². The lowest BCUT2D eigenvalue weighted by atomic mass is 10.1. The minimum absolute atomic E-state index is 0.0490. The van der Waals surface area contributed by atoms with E-state index in [1.807, 2.05) is 17.0 Å². The Bertz CT molecular complexity index is 1000. The maximum Gasteiger partial charge on any atom is 0.254 e. The molecule has 0 radical (unpaired) electrons. The number of amides is 1. The topological polar surface area (TPSA) is 64.1 Å². The number of benzene rings is 2. The van der Waals surface area contributed by atoms with Gasteiger partial charge >= 0.3 is 0 Å². The normalized spacial score (nSPS) is 14.2. The summed E-state index contributed by atoms with van der Waals surface area (Å²) in [5, 5.41) is 1.17. The minimum Gasteiger partial charge on any atom is -0.493 e. The summed E-state index contributed by atoms with van der Waals surface area (Å²) in [5.74, 6) is 2.38. The van der Waals surface area contributed by atoms with E-state index in [9.17, 15) is 4.79 Å². The molecule has 1 amide bonds. The van der Waals surface area contributed by atoms with Crippen molar-refractivity contribution in [2.24, 2.45) is 0 Å². The average molecular weight is 413 g/mol. The van der Waals surface area contributed by atoms with Gasteiger partial charge < -0.3 is 24.0 Å². The molecule has 1 aliphatic heterocycles. The van der Waals surface area contributed by atoms with Crippen LogP contribution in [-0.4, -0.2) is 62.7 Å². The Morgan fingerprint density at radius 3 is 2.24 bits per heavy atom. The first-order valence-electron chi connectivity index (χ1n) is 9.35. The smallest absolute Gasteiger partial charge is 0.254 e. The van der Waals surface area contributed by atoms with Gasteiger partial charge in [0.25, 0.3) is 5.91 Å². The lowest BCUT2D eigenvalue weighted by Crippen LogP contribution is -2.49. The molecule has 0 unspecified atom stereocenters. The van der Waals surface area contributed by atoms with Crippen LogP contribution in [0.3, 0.4) is 0 Å². The third kappa shape index (κ3) is 3.55. The van der Waals surface area contributed by atoms with Gasteiger partial charge in [0.1, 0.15) is 5.82 Å². The lowest BCUT2D eigenvalue weighted by Gasteiger charge is -2.35. The average Bonchev–Trinajstić information content (AvgIpc) is 3.21. The first-order chi connectivity index (χ1) is 14.2. The number of carbonyl (C=O) groups excluding carboxylic acids is 1. The van der Waals surface area contributed by atoms with Crippen molar-refractivity contribution in [2.45, 2.75) is 0 Å². The molecule has 8 heteroatoms. The Labute approximate surface area is 173 Å². The number of hydrogen-bond donors (Lipinski definition) is 0. The van der Waals surface area contributed by atoms with Crippen LogP contribution in [0.2, 0.25) is 0 Å². The van der Waals surface area contributed by atoms with Crippen LogP contribution in [0.5, 0.6) is 17.2 Å². The zero-order chi connectivity index (χ0) is 20.4. The van der Waals surface area contributed by atoms with E-state index in [0.717, 1.165) is 18.9 Å². The number of ether oxygens (including phenoxy) is 3. The van der Waals surface area contributed by atoms with Crippen LogP contribution < -0.4 is 19.1 Å². The van der Waals surface area contributed by atoms with Gasteiger partial charge in [0.2, 0.25) is 5.75 Å². The van der Waals surface area contributed by atoms with E-state index in [1.165, 1.54) is 21.6 Å². The van der Waals surface area contributed by atoms with Crippen molar-refractivity contribution < 1.29 is 19.0 Å². The van der Waals surface area contributed by atoms with E-state index in [1.54, 1.807) is 33.5 Å². The Hall–Kier alpha value is -3.00. The predicted molar refractivity (Wildman–Crippen MR) is 114 cm³/mol. The third-order valence-corrected chi connectivity index (χ3v) is 5.95. The fraction of sp³-hybridized carbons (Fsp3) is 0.333. The fourth-order valence-electron chi connectivity index (χ4n) is 3.61. The Morgan fingerprint density at radius 2 is 1.62 bits per heavy atom. The van der Waals surface area contributed by atoms with Crippen molar-refractivity contribution in [1.82, 2.24) is 9.27 Å². The first-order valence-corrected chi connectivity index (χ1v) is 10.1. The molecule has 0 N–H and O–H groups in total. The summed E-state index contributed by atoms with van der Waals surface area (Å²) in [4.78, 5) is 17.2. The second-order valence-corrected chi connectivity index (χ2v) is 7.50. The van der Waals surface area contributed by atoms with E-state index in [2.05, 4.69) is 21.4 Å². The van der Waals surface area contributed by atoms with Gasteiger partial charge in [0.15, 0.2) is 11.5 Å². The van der Waals surface area contributed by atoms with Crippen molar-refractivity contribution >= 4 is 33.3 Å². The van der Waals surface area contributed by atoms with Gasteiger partial charge in [-0.15, -0.1) is 0 Å². The van der Waals surface area contributed by atoms with Crippen LogP contribution in [0.1, 0.15) is 10.4 Å². The molecule has 1 aliphatic rings. The number of anilines is 1. The van der Waals surface area contributed by atoms with Crippen LogP contribution in [-0.2, 0) is 0 Å². The fourth-order valence-corrected chi connectivity index (χ4v) is 4.40. The monoisotopic (exact) mass is 413 g/mol. The summed E-state index contributed by atoms with van der Waals surface area (Å²) in [6, 6.07) is 11.6. The van der Waals surface area contributed by atoms with Gasteiger partial charge in [-0.3, -0.25) is 4.79 Å². The van der Waals surface area contributed by atoms with Gasteiger partial charge in [-0.1, -0.05) is 12.1 Å². The highest BCUT2D eigenvalue weighted by atomic mass is 32.1. The molecule has 0 aliphatic carbocycles. The van der Waals surface area contributed by atoms with Gasteiger partial charge in [-0.25, -0.2) is 0 Å². The molecular weight excluding hydrogens is 390 g/mol. The van der Waals surface area contributed by atoms with Crippen LogP contribution in [0.15, 0.2) is 36.4 Å². The van der Waals surface area contributed by atoms with Crippen molar-refractivity contribution in [1.29, 1.82) is 0 Å². The molecule has 2 aromatic carbocycles. The van der Waals surface area contributed by atoms with Crippen LogP contribution in [0, 0.1) is 0 Å². The molecule has 0 saturated carbocycles. The number of nitrogens with zero attached hydrogens (tertiary/aromatic N) is 3. The summed E-state index contributed by atoms with van der Waals surface area (Å²) >= 11 is 1.51. The molecule has 4 rings (SSSR count). The predicted octanol–water partition coefficient (Wildman–Crippen LogP) is 3.28. The molecule has 3 aromatic rings. The molecule has 0 spiro atoms. The molecule has 152 valence electrons. The Kier molecular flexibility index (Phi) is 5.44. The summed E-state index contributed by atoms with van der Waals surface area (Å²) < 4.78 is 21.9. The van der Waals surface area contributed by atoms with Crippen molar-refractivity contribution in [2.75, 3.05) is 52.4 Å². The quantitative estimate of drug-likeness (QED) is 0.640. The number of carbonyl (C=O) groups is 1. The second kappa shape index (κ2) is 8.16. The number of methoxy groups -OCH3 is 3. The molecule has 2 heterocycles. The standard InChI is InChI=1S/C21H23N3O4S/c1-26-16-12-14(13-17(27-2)19(16)28-3)21(25)24-10-8-23(9-11-24)20-15-6-4-5-7-18(15)29-22-20/h4-7,12-13H,8-11H2,1-3H3. The van der Waals surface area contributed by atoms with Crippen molar-refractivity contribution in [3.63, 3.8) is 0 Å². The van der Waals surface area contributed by atoms with Gasteiger partial charge in [-0.05, 0) is 35.8 Å². The summed E-state index contributed by atoms with van der Waals surface area (Å²) in [7, 11) is 4.63. The van der Waals surface area contributed by atoms with Crippen LogP contribution >= 0.6 is 11.5 Å². The molecule has 0 atom stereocenters. The van der Waals surface area contributed by atoms with Crippen LogP contribution in [0.4, 0.5) is 5.82 Å². The third-order valence-electron chi connectivity index (χ3n) is 5.14. The van der Waals surface area contributed by atoms with Crippen LogP contribution in [0.25, 0.3) is 10.1 Å². The number of aromatic nitrogens is 1. The zero-order valence-corrected chi connectivity index (χ0v) is 17.5. The highest BCUT2D eigenvalue weighted by Crippen LogP contribution is 2.38. The Balaban J connectivity index is 1.51. The highest BCUT2D eigenvalue weighted by Gasteiger charge is 2.26. The SMILES string of the molecule is COc1cc(C(=O)N2CCN(c3nsc4ccccc34)CC2)cc(OC)c1OC. The van der Waals surface area contributed by atoms with E-state index in [-0.39, 0.29) is 5.91 Å². The maximum absolute atomic E-state index is 13.1. The summed E-state index contributed by atoms with van der Waals surface area (Å²) in [6.07, 6.45) is 0. The number of hydrogen-bond acceptors (Lipinski definition) is 7. The van der Waals surface area contributed by atoms with Gasteiger partial charge in [-0.2, -0.15) is 4.37 Å². The molecule has 1 fully saturated rings. The first kappa shape index (κ1) is 19.3. The second-order valence-electron chi connectivity index (χ2n) is 6.70. The molecule has 0 bridgehead atoms. The number of rotatable bonds is 5.